The molecule has 0 saturated heterocycles. The zero-order valence-corrected chi connectivity index (χ0v) is 18.1. The Hall–Kier alpha value is -3.39. The standard InChI is InChI=1S/C23H22N4O3S/c1-16-9-10-18(30-16)14-26(2)21(28)15-31-23-25-20-8-4-3-7-19(20)22(29)27(23)13-17-6-5-11-24-12-17/h3-12H,13-15H2,1-2H3. The van der Waals surface area contributed by atoms with Crippen molar-refractivity contribution in [2.45, 2.75) is 25.2 Å². The molecule has 4 rings (SSSR count). The maximum absolute atomic E-state index is 13.2. The van der Waals surface area contributed by atoms with Crippen LogP contribution in [0.15, 0.2) is 75.3 Å². The van der Waals surface area contributed by atoms with E-state index in [1.165, 1.54) is 11.8 Å². The van der Waals surface area contributed by atoms with Gasteiger partial charge in [0.15, 0.2) is 5.16 Å². The monoisotopic (exact) mass is 434 g/mol. The van der Waals surface area contributed by atoms with Gasteiger partial charge in [0.25, 0.3) is 5.56 Å². The van der Waals surface area contributed by atoms with Crippen molar-refractivity contribution in [2.24, 2.45) is 0 Å². The van der Waals surface area contributed by atoms with Crippen LogP contribution in [0.4, 0.5) is 0 Å². The largest absolute Gasteiger partial charge is 0.464 e. The molecule has 0 saturated carbocycles. The van der Waals surface area contributed by atoms with Crippen LogP contribution >= 0.6 is 11.8 Å². The molecule has 0 aliphatic heterocycles. The fourth-order valence-corrected chi connectivity index (χ4v) is 4.14. The fraction of sp³-hybridized carbons (Fsp3) is 0.217. The molecular formula is C23H22N4O3S. The summed E-state index contributed by atoms with van der Waals surface area (Å²) >= 11 is 1.26. The first kappa shape index (κ1) is 20.9. The third-order valence-electron chi connectivity index (χ3n) is 4.83. The van der Waals surface area contributed by atoms with Crippen molar-refractivity contribution < 1.29 is 9.21 Å². The first-order valence-corrected chi connectivity index (χ1v) is 10.8. The van der Waals surface area contributed by atoms with Crippen molar-refractivity contribution in [1.82, 2.24) is 19.4 Å². The van der Waals surface area contributed by atoms with E-state index in [4.69, 9.17) is 4.42 Å². The summed E-state index contributed by atoms with van der Waals surface area (Å²) in [5, 5.41) is 1.05. The number of para-hydroxylation sites is 1. The Morgan fingerprint density at radius 2 is 2.00 bits per heavy atom. The highest BCUT2D eigenvalue weighted by molar-refractivity contribution is 7.99. The first-order valence-electron chi connectivity index (χ1n) is 9.82. The van der Waals surface area contributed by atoms with E-state index in [0.717, 1.165) is 17.1 Å². The molecule has 0 atom stereocenters. The number of aromatic nitrogens is 3. The number of hydrogen-bond acceptors (Lipinski definition) is 6. The number of pyridine rings is 1. The average Bonchev–Trinajstić information content (AvgIpc) is 3.19. The summed E-state index contributed by atoms with van der Waals surface area (Å²) in [7, 11) is 1.73. The van der Waals surface area contributed by atoms with Gasteiger partial charge in [0.2, 0.25) is 5.91 Å². The SMILES string of the molecule is Cc1ccc(CN(C)C(=O)CSc2nc3ccccc3c(=O)n2Cc2cccnc2)o1. The average molecular weight is 435 g/mol. The molecular weight excluding hydrogens is 412 g/mol. The van der Waals surface area contributed by atoms with Crippen LogP contribution < -0.4 is 5.56 Å². The number of nitrogens with zero attached hydrogens (tertiary/aromatic N) is 4. The second-order valence-corrected chi connectivity index (χ2v) is 8.16. The van der Waals surface area contributed by atoms with Crippen molar-refractivity contribution in [2.75, 3.05) is 12.8 Å². The summed E-state index contributed by atoms with van der Waals surface area (Å²) < 4.78 is 7.16. The predicted molar refractivity (Wildman–Crippen MR) is 120 cm³/mol. The van der Waals surface area contributed by atoms with Gasteiger partial charge >= 0.3 is 0 Å². The van der Waals surface area contributed by atoms with E-state index >= 15 is 0 Å². The highest BCUT2D eigenvalue weighted by Crippen LogP contribution is 2.20. The molecule has 4 aromatic rings. The number of benzene rings is 1. The maximum atomic E-state index is 13.2. The van der Waals surface area contributed by atoms with Crippen LogP contribution in [0.1, 0.15) is 17.1 Å². The van der Waals surface area contributed by atoms with Crippen molar-refractivity contribution in [1.29, 1.82) is 0 Å². The zero-order chi connectivity index (χ0) is 21.8. The highest BCUT2D eigenvalue weighted by atomic mass is 32.2. The third-order valence-corrected chi connectivity index (χ3v) is 5.79. The minimum atomic E-state index is -0.135. The fourth-order valence-electron chi connectivity index (χ4n) is 3.20. The van der Waals surface area contributed by atoms with E-state index in [0.29, 0.717) is 29.1 Å². The molecule has 3 heterocycles. The van der Waals surface area contributed by atoms with E-state index in [9.17, 15) is 9.59 Å². The van der Waals surface area contributed by atoms with E-state index in [-0.39, 0.29) is 17.2 Å². The Labute approximate surface area is 183 Å². The van der Waals surface area contributed by atoms with E-state index in [1.54, 1.807) is 35.0 Å². The Bertz CT molecular complexity index is 1270. The van der Waals surface area contributed by atoms with Crippen molar-refractivity contribution in [3.63, 3.8) is 0 Å². The number of fused-ring (bicyclic) bond motifs is 1. The van der Waals surface area contributed by atoms with E-state index in [2.05, 4.69) is 9.97 Å². The lowest BCUT2D eigenvalue weighted by molar-refractivity contribution is -0.127. The molecule has 8 heteroatoms. The number of furan rings is 1. The smallest absolute Gasteiger partial charge is 0.262 e. The van der Waals surface area contributed by atoms with Crippen molar-refractivity contribution >= 4 is 28.6 Å². The molecule has 0 bridgehead atoms. The van der Waals surface area contributed by atoms with Gasteiger partial charge in [0.1, 0.15) is 11.5 Å². The van der Waals surface area contributed by atoms with Gasteiger partial charge in [0, 0.05) is 19.4 Å². The van der Waals surface area contributed by atoms with Crippen molar-refractivity contribution in [3.8, 4) is 0 Å². The van der Waals surface area contributed by atoms with E-state index in [1.807, 2.05) is 49.4 Å². The molecule has 0 fully saturated rings. The molecule has 7 nitrogen and oxygen atoms in total. The van der Waals surface area contributed by atoms with Gasteiger partial charge in [-0.25, -0.2) is 4.98 Å². The van der Waals surface area contributed by atoms with Crippen LogP contribution in [0.5, 0.6) is 0 Å². The molecule has 1 amide bonds. The Balaban J connectivity index is 1.57. The maximum Gasteiger partial charge on any atom is 0.262 e. The Morgan fingerprint density at radius 3 is 2.74 bits per heavy atom. The normalized spacial score (nSPS) is 11.0. The molecule has 0 spiro atoms. The summed E-state index contributed by atoms with van der Waals surface area (Å²) in [6.45, 7) is 2.59. The molecule has 0 unspecified atom stereocenters. The van der Waals surface area contributed by atoms with Crippen LogP contribution in [-0.4, -0.2) is 38.1 Å². The summed E-state index contributed by atoms with van der Waals surface area (Å²) in [4.78, 5) is 36.2. The predicted octanol–water partition coefficient (Wildman–Crippen LogP) is 3.49. The first-order chi connectivity index (χ1) is 15.0. The molecule has 31 heavy (non-hydrogen) atoms. The highest BCUT2D eigenvalue weighted by Gasteiger charge is 2.16. The quantitative estimate of drug-likeness (QED) is 0.327. The number of carbonyl (C=O) groups excluding carboxylic acids is 1. The molecule has 0 radical (unpaired) electrons. The zero-order valence-electron chi connectivity index (χ0n) is 17.3. The lowest BCUT2D eigenvalue weighted by Crippen LogP contribution is -2.29. The number of amides is 1. The molecule has 1 aromatic carbocycles. The molecule has 0 N–H and O–H groups in total. The van der Waals surface area contributed by atoms with Gasteiger partial charge in [-0.15, -0.1) is 0 Å². The van der Waals surface area contributed by atoms with Gasteiger partial charge in [0.05, 0.1) is 29.7 Å². The number of aryl methyl sites for hydroxylation is 1. The lowest BCUT2D eigenvalue weighted by Gasteiger charge is -2.17. The summed E-state index contributed by atoms with van der Waals surface area (Å²) in [6, 6.07) is 14.7. The number of thioether (sulfide) groups is 1. The molecule has 158 valence electrons. The number of hydrogen-bond donors (Lipinski definition) is 0. The van der Waals surface area contributed by atoms with Gasteiger partial charge in [-0.05, 0) is 42.8 Å². The van der Waals surface area contributed by atoms with Crippen LogP contribution in [0, 0.1) is 6.92 Å². The topological polar surface area (TPSA) is 81.2 Å². The third kappa shape index (κ3) is 4.86. The van der Waals surface area contributed by atoms with Crippen molar-refractivity contribution in [3.05, 3.63) is 88.4 Å². The van der Waals surface area contributed by atoms with Gasteiger partial charge in [-0.3, -0.25) is 19.1 Å². The minimum Gasteiger partial charge on any atom is -0.464 e. The number of rotatable bonds is 7. The van der Waals surface area contributed by atoms with Crippen LogP contribution in [0.25, 0.3) is 10.9 Å². The molecule has 0 aliphatic carbocycles. The summed E-state index contributed by atoms with van der Waals surface area (Å²) in [5.41, 5.74) is 1.37. The van der Waals surface area contributed by atoms with E-state index < -0.39 is 0 Å². The van der Waals surface area contributed by atoms with Crippen LogP contribution in [0.3, 0.4) is 0 Å². The van der Waals surface area contributed by atoms with Gasteiger partial charge < -0.3 is 9.32 Å². The summed E-state index contributed by atoms with van der Waals surface area (Å²) in [5.74, 6) is 1.63. The van der Waals surface area contributed by atoms with Gasteiger partial charge in [-0.1, -0.05) is 30.0 Å². The Morgan fingerprint density at radius 1 is 1.16 bits per heavy atom. The lowest BCUT2D eigenvalue weighted by atomic mass is 10.2. The Kier molecular flexibility index (Phi) is 6.18. The molecule has 0 aliphatic rings. The van der Waals surface area contributed by atoms with Crippen LogP contribution in [0.2, 0.25) is 0 Å². The number of carbonyl (C=O) groups is 1. The second-order valence-electron chi connectivity index (χ2n) is 7.21. The second kappa shape index (κ2) is 9.18. The summed E-state index contributed by atoms with van der Waals surface area (Å²) in [6.07, 6.45) is 3.41. The molecule has 3 aromatic heterocycles. The van der Waals surface area contributed by atoms with Gasteiger partial charge in [-0.2, -0.15) is 0 Å². The van der Waals surface area contributed by atoms with Crippen LogP contribution in [-0.2, 0) is 17.9 Å². The minimum absolute atomic E-state index is 0.0746.